The van der Waals surface area contributed by atoms with Crippen LogP contribution in [-0.2, 0) is 10.0 Å². The van der Waals surface area contributed by atoms with Crippen LogP contribution in [-0.4, -0.2) is 31.4 Å². The molecule has 0 saturated heterocycles. The molecule has 11 heteroatoms. The lowest BCUT2D eigenvalue weighted by atomic mass is 10.1. The summed E-state index contributed by atoms with van der Waals surface area (Å²) in [6, 6.07) is 13.0. The Kier molecular flexibility index (Phi) is 7.31. The highest BCUT2D eigenvalue weighted by atomic mass is 32.2. The van der Waals surface area contributed by atoms with Gasteiger partial charge in [0.1, 0.15) is 22.9 Å². The van der Waals surface area contributed by atoms with E-state index in [1.54, 1.807) is 6.07 Å². The number of aromatic nitrogens is 2. The topological polar surface area (TPSA) is 127 Å². The van der Waals surface area contributed by atoms with Crippen LogP contribution in [0.5, 0.6) is 17.4 Å². The Balaban J connectivity index is 1.81. The fourth-order valence-electron chi connectivity index (χ4n) is 3.95. The third-order valence-electron chi connectivity index (χ3n) is 5.66. The molecule has 0 atom stereocenters. The molecular formula is C27H24FN3O6S. The first-order valence-corrected chi connectivity index (χ1v) is 12.8. The number of carbonyl (C=O) groups is 1. The first-order valence-electron chi connectivity index (χ1n) is 11.4. The van der Waals surface area contributed by atoms with Gasteiger partial charge in [-0.1, -0.05) is 17.7 Å². The monoisotopic (exact) mass is 537 g/mol. The average molecular weight is 538 g/mol. The maximum Gasteiger partial charge on any atom is 0.270 e. The predicted molar refractivity (Wildman–Crippen MR) is 139 cm³/mol. The van der Waals surface area contributed by atoms with Crippen LogP contribution in [0.25, 0.3) is 11.3 Å². The Morgan fingerprint density at radius 1 is 1.03 bits per heavy atom. The zero-order valence-electron chi connectivity index (χ0n) is 21.0. The fourth-order valence-corrected chi connectivity index (χ4v) is 4.97. The first-order chi connectivity index (χ1) is 18.0. The Morgan fingerprint density at radius 3 is 2.37 bits per heavy atom. The van der Waals surface area contributed by atoms with Gasteiger partial charge in [0, 0.05) is 17.8 Å². The molecule has 4 aromatic rings. The van der Waals surface area contributed by atoms with Crippen molar-refractivity contribution < 1.29 is 27.1 Å². The molecule has 4 rings (SSSR count). The number of aromatic amines is 1. The molecule has 2 aromatic heterocycles. The number of hydrogen-bond donors (Lipinski definition) is 2. The van der Waals surface area contributed by atoms with E-state index in [1.807, 2.05) is 37.6 Å². The van der Waals surface area contributed by atoms with E-state index >= 15 is 0 Å². The third kappa shape index (κ3) is 5.42. The highest BCUT2D eigenvalue weighted by Crippen LogP contribution is 2.33. The average Bonchev–Trinajstić information content (AvgIpc) is 2.85. The van der Waals surface area contributed by atoms with Crippen LogP contribution in [0.2, 0.25) is 0 Å². The van der Waals surface area contributed by atoms with Crippen molar-refractivity contribution in [1.29, 1.82) is 0 Å². The molecular weight excluding hydrogens is 513 g/mol. The number of amides is 1. The summed E-state index contributed by atoms with van der Waals surface area (Å²) in [4.78, 5) is 31.2. The van der Waals surface area contributed by atoms with Crippen molar-refractivity contribution in [3.63, 3.8) is 0 Å². The van der Waals surface area contributed by atoms with Crippen LogP contribution in [0.1, 0.15) is 27.0 Å². The summed E-state index contributed by atoms with van der Waals surface area (Å²) in [5.74, 6) is -1.23. The molecule has 0 saturated carbocycles. The van der Waals surface area contributed by atoms with Crippen LogP contribution in [0.15, 0.2) is 70.5 Å². The maximum atomic E-state index is 14.8. The maximum absolute atomic E-state index is 14.8. The number of pyridine rings is 2. The Bertz CT molecular complexity index is 1690. The van der Waals surface area contributed by atoms with Crippen molar-refractivity contribution in [3.05, 3.63) is 99.2 Å². The summed E-state index contributed by atoms with van der Waals surface area (Å²) in [6.07, 6.45) is 1.27. The molecule has 0 aliphatic heterocycles. The van der Waals surface area contributed by atoms with Gasteiger partial charge in [-0.15, -0.1) is 0 Å². The number of nitrogens with zero attached hydrogens (tertiary/aromatic N) is 1. The molecule has 196 valence electrons. The molecule has 0 unspecified atom stereocenters. The van der Waals surface area contributed by atoms with E-state index in [-0.39, 0.29) is 22.7 Å². The van der Waals surface area contributed by atoms with Crippen molar-refractivity contribution in [2.24, 2.45) is 0 Å². The first kappa shape index (κ1) is 26.6. The standard InChI is InChI=1S/C27H24FN3O6S/c1-15-12-16(2)24(17(3)13-15)37-27-20(25(32)31-38(34,35)23-6-5-11-29-26(23)33)9-10-22(30-27)19-8-7-18(36-4)14-21(19)28/h5-14H,1-4H3,(H,29,33)(H,31,32). The number of rotatable bonds is 7. The molecule has 0 aliphatic rings. The molecule has 2 heterocycles. The number of benzene rings is 2. The smallest absolute Gasteiger partial charge is 0.270 e. The van der Waals surface area contributed by atoms with Crippen molar-refractivity contribution in [2.45, 2.75) is 25.7 Å². The normalized spacial score (nSPS) is 11.2. The Morgan fingerprint density at radius 2 is 1.74 bits per heavy atom. The highest BCUT2D eigenvalue weighted by Gasteiger charge is 2.26. The molecule has 9 nitrogen and oxygen atoms in total. The van der Waals surface area contributed by atoms with Gasteiger partial charge in [-0.05, 0) is 68.3 Å². The van der Waals surface area contributed by atoms with E-state index in [0.29, 0.717) is 11.5 Å². The van der Waals surface area contributed by atoms with Crippen LogP contribution in [0, 0.1) is 26.6 Å². The zero-order chi connectivity index (χ0) is 27.6. The molecule has 1 amide bonds. The van der Waals surface area contributed by atoms with Crippen LogP contribution >= 0.6 is 0 Å². The number of methoxy groups -OCH3 is 1. The summed E-state index contributed by atoms with van der Waals surface area (Å²) in [7, 11) is -3.11. The summed E-state index contributed by atoms with van der Waals surface area (Å²) in [6.45, 7) is 5.55. The van der Waals surface area contributed by atoms with Crippen molar-refractivity contribution in [2.75, 3.05) is 7.11 Å². The Hall–Kier alpha value is -4.51. The van der Waals surface area contributed by atoms with Gasteiger partial charge in [0.25, 0.3) is 21.5 Å². The highest BCUT2D eigenvalue weighted by molar-refractivity contribution is 7.90. The van der Waals surface area contributed by atoms with Gasteiger partial charge in [0.2, 0.25) is 5.88 Å². The number of nitrogens with one attached hydrogen (secondary N) is 2. The Labute approximate surface area is 218 Å². The quantitative estimate of drug-likeness (QED) is 0.357. The number of ether oxygens (including phenoxy) is 2. The fraction of sp³-hybridized carbons (Fsp3) is 0.148. The van der Waals surface area contributed by atoms with Gasteiger partial charge in [0.15, 0.2) is 4.90 Å². The predicted octanol–water partition coefficient (Wildman–Crippen LogP) is 4.42. The third-order valence-corrected chi connectivity index (χ3v) is 7.01. The minimum Gasteiger partial charge on any atom is -0.497 e. The van der Waals surface area contributed by atoms with E-state index in [1.165, 1.54) is 43.6 Å². The SMILES string of the molecule is COc1ccc(-c2ccc(C(=O)NS(=O)(=O)c3ccc[nH]c3=O)c(Oc3c(C)cc(C)cc3C)n2)c(F)c1. The summed E-state index contributed by atoms with van der Waals surface area (Å²) >= 11 is 0. The van der Waals surface area contributed by atoms with Gasteiger partial charge in [-0.2, -0.15) is 0 Å². The molecule has 0 bridgehead atoms. The van der Waals surface area contributed by atoms with Crippen molar-refractivity contribution in [3.8, 4) is 28.6 Å². The molecule has 0 spiro atoms. The second kappa shape index (κ2) is 10.5. The van der Waals surface area contributed by atoms with Crippen LogP contribution < -0.4 is 19.8 Å². The van der Waals surface area contributed by atoms with Gasteiger partial charge >= 0.3 is 0 Å². The van der Waals surface area contributed by atoms with Gasteiger partial charge in [-0.25, -0.2) is 22.5 Å². The minimum atomic E-state index is -4.53. The van der Waals surface area contributed by atoms with E-state index < -0.39 is 32.2 Å². The lowest BCUT2D eigenvalue weighted by Gasteiger charge is -2.16. The summed E-state index contributed by atoms with van der Waals surface area (Å²) in [5, 5.41) is 0. The van der Waals surface area contributed by atoms with E-state index in [2.05, 4.69) is 9.97 Å². The lowest BCUT2D eigenvalue weighted by Crippen LogP contribution is -2.34. The van der Waals surface area contributed by atoms with E-state index in [9.17, 15) is 22.4 Å². The lowest BCUT2D eigenvalue weighted by molar-refractivity contribution is 0.0978. The van der Waals surface area contributed by atoms with E-state index in [0.717, 1.165) is 22.8 Å². The zero-order valence-corrected chi connectivity index (χ0v) is 21.8. The summed E-state index contributed by atoms with van der Waals surface area (Å²) in [5.41, 5.74) is 1.62. The van der Waals surface area contributed by atoms with Gasteiger partial charge in [-0.3, -0.25) is 9.59 Å². The largest absolute Gasteiger partial charge is 0.497 e. The molecule has 0 aliphatic carbocycles. The number of sulfonamides is 1. The van der Waals surface area contributed by atoms with Gasteiger partial charge < -0.3 is 14.5 Å². The molecule has 0 radical (unpaired) electrons. The molecule has 2 N–H and O–H groups in total. The van der Waals surface area contributed by atoms with Crippen molar-refractivity contribution in [1.82, 2.24) is 14.7 Å². The second-order valence-electron chi connectivity index (χ2n) is 8.52. The number of carbonyl (C=O) groups excluding carboxylic acids is 1. The molecule has 2 aromatic carbocycles. The number of hydrogen-bond acceptors (Lipinski definition) is 7. The van der Waals surface area contributed by atoms with E-state index in [4.69, 9.17) is 9.47 Å². The second-order valence-corrected chi connectivity index (χ2v) is 10.2. The minimum absolute atomic E-state index is 0.114. The van der Waals surface area contributed by atoms with Crippen molar-refractivity contribution >= 4 is 15.9 Å². The molecule has 38 heavy (non-hydrogen) atoms. The van der Waals surface area contributed by atoms with Crippen LogP contribution in [0.4, 0.5) is 4.39 Å². The number of halogens is 1. The van der Waals surface area contributed by atoms with Gasteiger partial charge in [0.05, 0.1) is 12.8 Å². The molecule has 0 fully saturated rings. The summed E-state index contributed by atoms with van der Waals surface area (Å²) < 4.78 is 53.3. The number of H-pyrrole nitrogens is 1. The number of aryl methyl sites for hydroxylation is 3. The van der Waals surface area contributed by atoms with Crippen LogP contribution in [0.3, 0.4) is 0 Å².